The van der Waals surface area contributed by atoms with Gasteiger partial charge in [-0.05, 0) is 42.4 Å². The van der Waals surface area contributed by atoms with Crippen LogP contribution in [0.4, 0.5) is 0 Å². The fraction of sp³-hybridized carbons (Fsp3) is 0.400. The van der Waals surface area contributed by atoms with Crippen LogP contribution in [0.15, 0.2) is 91.0 Å². The normalized spacial score (nSPS) is 30.3. The largest absolute Gasteiger partial charge is 0.384 e. The summed E-state index contributed by atoms with van der Waals surface area (Å²) in [7, 11) is 0. The van der Waals surface area contributed by atoms with Crippen LogP contribution in [-0.2, 0) is 19.8 Å². The summed E-state index contributed by atoms with van der Waals surface area (Å²) >= 11 is 0. The average molecular weight is 459 g/mol. The molecule has 2 fully saturated rings. The van der Waals surface area contributed by atoms with Gasteiger partial charge in [-0.1, -0.05) is 105 Å². The van der Waals surface area contributed by atoms with Crippen molar-refractivity contribution in [1.29, 1.82) is 0 Å². The number of hydrogen-bond acceptors (Lipinski definition) is 4. The second-order valence-electron chi connectivity index (χ2n) is 10.2. The lowest BCUT2D eigenvalue weighted by Crippen LogP contribution is -2.51. The second-order valence-corrected chi connectivity index (χ2v) is 10.2. The number of fused-ring (bicyclic) bond motifs is 1. The predicted octanol–water partition coefficient (Wildman–Crippen LogP) is 5.53. The Morgan fingerprint density at radius 1 is 0.765 bits per heavy atom. The van der Waals surface area contributed by atoms with Crippen LogP contribution < -0.4 is 0 Å². The molecule has 0 amide bonds. The summed E-state index contributed by atoms with van der Waals surface area (Å²) in [4.78, 5) is 0. The zero-order valence-corrected chi connectivity index (χ0v) is 20.3. The highest BCUT2D eigenvalue weighted by atomic mass is 16.8. The van der Waals surface area contributed by atoms with Crippen molar-refractivity contribution in [3.63, 3.8) is 0 Å². The van der Waals surface area contributed by atoms with Crippen molar-refractivity contribution in [2.45, 2.75) is 56.9 Å². The zero-order valence-electron chi connectivity index (χ0n) is 20.3. The summed E-state index contributed by atoms with van der Waals surface area (Å²) in [6.45, 7) is 8.13. The van der Waals surface area contributed by atoms with E-state index in [1.165, 1.54) is 0 Å². The quantitative estimate of drug-likeness (QED) is 0.493. The molecule has 1 heterocycles. The lowest BCUT2D eigenvalue weighted by Gasteiger charge is -2.41. The average Bonchev–Trinajstić information content (AvgIpc) is 3.28. The SMILES string of the molecule is CC1C2OC(C)(C)OC2C(O)(COC(c2ccccc2)(c2ccccc2)c2ccccc2)C1C. The van der Waals surface area contributed by atoms with E-state index in [1.807, 2.05) is 68.4 Å². The van der Waals surface area contributed by atoms with Gasteiger partial charge in [-0.2, -0.15) is 0 Å². The third-order valence-electron chi connectivity index (χ3n) is 7.78. The van der Waals surface area contributed by atoms with Crippen LogP contribution in [0.5, 0.6) is 0 Å². The third kappa shape index (κ3) is 3.70. The molecule has 1 aliphatic heterocycles. The molecule has 5 unspecified atom stereocenters. The lowest BCUT2D eigenvalue weighted by atomic mass is 9.79. The standard InChI is InChI=1S/C30H34O4/c1-21-22(2)29(31,27-26(21)33-28(3,4)34-27)20-32-30(23-14-8-5-9-15-23,24-16-10-6-11-17-24)25-18-12-7-13-19-25/h5-19,21-22,26-27,31H,20H2,1-4H3. The van der Waals surface area contributed by atoms with Crippen LogP contribution in [0.3, 0.4) is 0 Å². The van der Waals surface area contributed by atoms with Crippen molar-refractivity contribution in [2.75, 3.05) is 6.61 Å². The predicted molar refractivity (Wildman–Crippen MR) is 132 cm³/mol. The molecule has 4 nitrogen and oxygen atoms in total. The minimum absolute atomic E-state index is 0.0568. The molecule has 3 aromatic rings. The zero-order chi connectivity index (χ0) is 24.0. The number of ether oxygens (including phenoxy) is 3. The van der Waals surface area contributed by atoms with Crippen LogP contribution in [0.1, 0.15) is 44.4 Å². The Morgan fingerprint density at radius 2 is 1.21 bits per heavy atom. The van der Waals surface area contributed by atoms with Gasteiger partial charge in [0.15, 0.2) is 5.79 Å². The molecule has 0 spiro atoms. The summed E-state index contributed by atoms with van der Waals surface area (Å²) < 4.78 is 19.4. The van der Waals surface area contributed by atoms with E-state index < -0.39 is 23.1 Å². The first-order valence-corrected chi connectivity index (χ1v) is 12.2. The van der Waals surface area contributed by atoms with Crippen molar-refractivity contribution in [2.24, 2.45) is 11.8 Å². The first kappa shape index (κ1) is 23.3. The van der Waals surface area contributed by atoms with E-state index in [0.29, 0.717) is 0 Å². The molecular weight excluding hydrogens is 424 g/mol. The Labute approximate surface area is 202 Å². The Balaban J connectivity index is 1.61. The molecular formula is C30H34O4. The molecule has 1 aliphatic carbocycles. The molecule has 0 bridgehead atoms. The maximum atomic E-state index is 12.1. The highest BCUT2D eigenvalue weighted by molar-refractivity contribution is 5.47. The molecule has 1 saturated carbocycles. The van der Waals surface area contributed by atoms with Gasteiger partial charge in [0.2, 0.25) is 0 Å². The van der Waals surface area contributed by atoms with E-state index >= 15 is 0 Å². The summed E-state index contributed by atoms with van der Waals surface area (Å²) in [5, 5.41) is 12.1. The lowest BCUT2D eigenvalue weighted by molar-refractivity contribution is -0.209. The van der Waals surface area contributed by atoms with Gasteiger partial charge in [0.05, 0.1) is 12.7 Å². The van der Waals surface area contributed by atoms with Crippen molar-refractivity contribution < 1.29 is 19.3 Å². The molecule has 178 valence electrons. The Bertz CT molecular complexity index is 1000. The smallest absolute Gasteiger partial charge is 0.163 e. The van der Waals surface area contributed by atoms with Crippen molar-refractivity contribution in [1.82, 2.24) is 0 Å². The van der Waals surface area contributed by atoms with Crippen LogP contribution in [0.25, 0.3) is 0 Å². The molecule has 5 atom stereocenters. The summed E-state index contributed by atoms with van der Waals surface area (Å²) in [6.07, 6.45) is -0.620. The van der Waals surface area contributed by atoms with Crippen LogP contribution in [0, 0.1) is 11.8 Å². The monoisotopic (exact) mass is 458 g/mol. The van der Waals surface area contributed by atoms with Gasteiger partial charge in [-0.25, -0.2) is 0 Å². The van der Waals surface area contributed by atoms with Gasteiger partial charge >= 0.3 is 0 Å². The van der Waals surface area contributed by atoms with Gasteiger partial charge in [0.1, 0.15) is 17.3 Å². The van der Waals surface area contributed by atoms with Crippen molar-refractivity contribution in [3.8, 4) is 0 Å². The minimum Gasteiger partial charge on any atom is -0.384 e. The highest BCUT2D eigenvalue weighted by Crippen LogP contribution is 2.51. The molecule has 1 N–H and O–H groups in total. The summed E-state index contributed by atoms with van der Waals surface area (Å²) in [5.74, 6) is -0.647. The molecule has 0 radical (unpaired) electrons. The van der Waals surface area contributed by atoms with Crippen LogP contribution >= 0.6 is 0 Å². The van der Waals surface area contributed by atoms with E-state index in [9.17, 15) is 5.11 Å². The van der Waals surface area contributed by atoms with Crippen LogP contribution in [-0.4, -0.2) is 35.3 Å². The topological polar surface area (TPSA) is 47.9 Å². The Hall–Kier alpha value is -2.50. The van der Waals surface area contributed by atoms with Crippen molar-refractivity contribution in [3.05, 3.63) is 108 Å². The molecule has 1 saturated heterocycles. The number of rotatable bonds is 6. The van der Waals surface area contributed by atoms with Gasteiger partial charge in [0.25, 0.3) is 0 Å². The summed E-state index contributed by atoms with van der Waals surface area (Å²) in [6, 6.07) is 30.7. The van der Waals surface area contributed by atoms with Crippen molar-refractivity contribution >= 4 is 0 Å². The van der Waals surface area contributed by atoms with E-state index in [-0.39, 0.29) is 24.5 Å². The van der Waals surface area contributed by atoms with E-state index in [4.69, 9.17) is 14.2 Å². The molecule has 3 aromatic carbocycles. The fourth-order valence-electron chi connectivity index (χ4n) is 5.76. The minimum atomic E-state index is -1.19. The van der Waals surface area contributed by atoms with E-state index in [1.54, 1.807) is 0 Å². The maximum absolute atomic E-state index is 12.1. The first-order valence-electron chi connectivity index (χ1n) is 12.2. The maximum Gasteiger partial charge on any atom is 0.163 e. The number of benzene rings is 3. The third-order valence-corrected chi connectivity index (χ3v) is 7.78. The Kier molecular flexibility index (Phi) is 5.89. The number of aliphatic hydroxyl groups is 1. The Morgan fingerprint density at radius 3 is 1.65 bits per heavy atom. The second kappa shape index (κ2) is 8.62. The summed E-state index contributed by atoms with van der Waals surface area (Å²) in [5.41, 5.74) is 0.942. The van der Waals surface area contributed by atoms with Crippen LogP contribution in [0.2, 0.25) is 0 Å². The van der Waals surface area contributed by atoms with Gasteiger partial charge < -0.3 is 19.3 Å². The molecule has 0 aromatic heterocycles. The number of hydrogen-bond donors (Lipinski definition) is 1. The van der Waals surface area contributed by atoms with E-state index in [2.05, 4.69) is 50.2 Å². The molecule has 4 heteroatoms. The van der Waals surface area contributed by atoms with Gasteiger partial charge in [0, 0.05) is 0 Å². The first-order chi connectivity index (χ1) is 16.3. The molecule has 5 rings (SSSR count). The van der Waals surface area contributed by atoms with Gasteiger partial charge in [-0.15, -0.1) is 0 Å². The fourth-order valence-corrected chi connectivity index (χ4v) is 5.76. The van der Waals surface area contributed by atoms with E-state index in [0.717, 1.165) is 16.7 Å². The molecule has 34 heavy (non-hydrogen) atoms. The van der Waals surface area contributed by atoms with Gasteiger partial charge in [-0.3, -0.25) is 0 Å². The molecule has 2 aliphatic rings. The highest BCUT2D eigenvalue weighted by Gasteiger charge is 2.64.